The van der Waals surface area contributed by atoms with Crippen LogP contribution in [-0.2, 0) is 6.42 Å². The molecule has 8 heteroatoms. The van der Waals surface area contributed by atoms with Crippen LogP contribution in [0.3, 0.4) is 0 Å². The average Bonchev–Trinajstić information content (AvgIpc) is 3.16. The lowest BCUT2D eigenvalue weighted by Gasteiger charge is -2.35. The van der Waals surface area contributed by atoms with Gasteiger partial charge in [0.15, 0.2) is 11.6 Å². The molecular weight excluding hydrogens is 323 g/mol. The third-order valence-corrected chi connectivity index (χ3v) is 4.40. The quantitative estimate of drug-likeness (QED) is 0.738. The lowest BCUT2D eigenvalue weighted by atomic mass is 9.99. The van der Waals surface area contributed by atoms with Gasteiger partial charge in [-0.05, 0) is 6.92 Å². The van der Waals surface area contributed by atoms with Crippen LogP contribution in [-0.4, -0.2) is 38.6 Å². The Labute approximate surface area is 143 Å². The molecule has 1 N–H and O–H groups in total. The highest BCUT2D eigenvalue weighted by Gasteiger charge is 2.27. The first kappa shape index (κ1) is 15.5. The van der Waals surface area contributed by atoms with Crippen LogP contribution >= 0.6 is 0 Å². The van der Waals surface area contributed by atoms with E-state index in [1.165, 1.54) is 13.2 Å². The summed E-state index contributed by atoms with van der Waals surface area (Å²) in [6.45, 7) is 2.72. The summed E-state index contributed by atoms with van der Waals surface area (Å²) in [5.74, 6) is 1.66. The Morgan fingerprint density at radius 1 is 1.28 bits per heavy atom. The molecule has 0 aromatic carbocycles. The average molecular weight is 340 g/mol. The molecule has 3 aromatic heterocycles. The van der Waals surface area contributed by atoms with E-state index in [0.717, 1.165) is 17.7 Å². The first-order valence-corrected chi connectivity index (χ1v) is 7.99. The van der Waals surface area contributed by atoms with Crippen molar-refractivity contribution in [1.82, 2.24) is 24.9 Å². The van der Waals surface area contributed by atoms with Gasteiger partial charge in [0.1, 0.15) is 11.6 Å². The zero-order chi connectivity index (χ0) is 17.4. The number of ether oxygens (including phenoxy) is 1. The number of aromatic nitrogens is 5. The number of pyridine rings is 1. The summed E-state index contributed by atoms with van der Waals surface area (Å²) in [5, 5.41) is 0. The van der Waals surface area contributed by atoms with Crippen LogP contribution in [0.5, 0.6) is 5.75 Å². The summed E-state index contributed by atoms with van der Waals surface area (Å²) in [7, 11) is 1.51. The molecule has 0 fully saturated rings. The lowest BCUT2D eigenvalue weighted by molar-refractivity contribution is 0.408. The monoisotopic (exact) mass is 340 g/mol. The Kier molecular flexibility index (Phi) is 3.79. The molecule has 0 aliphatic carbocycles. The van der Waals surface area contributed by atoms with Gasteiger partial charge in [-0.3, -0.25) is 0 Å². The van der Waals surface area contributed by atoms with Gasteiger partial charge < -0.3 is 14.6 Å². The predicted molar refractivity (Wildman–Crippen MR) is 89.8 cm³/mol. The number of imidazole rings is 1. The molecule has 0 saturated heterocycles. The Morgan fingerprint density at radius 2 is 2.16 bits per heavy atom. The smallest absolute Gasteiger partial charge is 0.218 e. The van der Waals surface area contributed by atoms with Crippen LogP contribution in [0.15, 0.2) is 30.7 Å². The van der Waals surface area contributed by atoms with Crippen molar-refractivity contribution < 1.29 is 9.13 Å². The molecule has 128 valence electrons. The number of aromatic amines is 1. The molecule has 0 bridgehead atoms. The number of nitrogens with zero attached hydrogens (tertiary/aromatic N) is 5. The van der Waals surface area contributed by atoms with Crippen LogP contribution in [0.1, 0.15) is 24.2 Å². The number of methoxy groups -OCH3 is 1. The number of nitrogens with one attached hydrogen (secondary N) is 1. The number of fused-ring (bicyclic) bond motifs is 1. The van der Waals surface area contributed by atoms with Gasteiger partial charge in [0.05, 0.1) is 18.8 Å². The van der Waals surface area contributed by atoms with E-state index in [1.807, 2.05) is 18.0 Å². The van der Waals surface area contributed by atoms with Gasteiger partial charge in [-0.15, -0.1) is 0 Å². The van der Waals surface area contributed by atoms with Gasteiger partial charge in [0.2, 0.25) is 5.95 Å². The minimum atomic E-state index is -0.559. The van der Waals surface area contributed by atoms with Gasteiger partial charge in [-0.25, -0.2) is 19.9 Å². The van der Waals surface area contributed by atoms with Crippen LogP contribution in [0.2, 0.25) is 0 Å². The molecular formula is C17H17FN6O. The van der Waals surface area contributed by atoms with E-state index in [-0.39, 0.29) is 6.04 Å². The predicted octanol–water partition coefficient (Wildman–Crippen LogP) is 2.53. The summed E-state index contributed by atoms with van der Waals surface area (Å²) >= 11 is 0. The number of hydrogen-bond acceptors (Lipinski definition) is 6. The topological polar surface area (TPSA) is 79.8 Å². The Bertz CT molecular complexity index is 898. The zero-order valence-electron chi connectivity index (χ0n) is 13.9. The second kappa shape index (κ2) is 6.12. The van der Waals surface area contributed by atoms with Gasteiger partial charge in [0.25, 0.3) is 0 Å². The van der Waals surface area contributed by atoms with Crippen molar-refractivity contribution in [2.45, 2.75) is 19.4 Å². The van der Waals surface area contributed by atoms with Gasteiger partial charge in [-0.2, -0.15) is 4.39 Å². The SMILES string of the molecule is COc1cc(F)nc(N2CCc3nc(-c4ncc[nH]4)ncc3C2C)c1. The minimum absolute atomic E-state index is 0.0200. The van der Waals surface area contributed by atoms with Gasteiger partial charge >= 0.3 is 0 Å². The van der Waals surface area contributed by atoms with Crippen molar-refractivity contribution in [3.63, 3.8) is 0 Å². The molecule has 0 amide bonds. The van der Waals surface area contributed by atoms with E-state index >= 15 is 0 Å². The molecule has 0 radical (unpaired) electrons. The molecule has 3 aromatic rings. The molecule has 1 aliphatic heterocycles. The van der Waals surface area contributed by atoms with Crippen LogP contribution in [0.4, 0.5) is 10.2 Å². The first-order chi connectivity index (χ1) is 12.2. The summed E-state index contributed by atoms with van der Waals surface area (Å²) in [5.41, 5.74) is 1.99. The van der Waals surface area contributed by atoms with Crippen molar-refractivity contribution in [3.8, 4) is 17.4 Å². The second-order valence-electron chi connectivity index (χ2n) is 5.84. The number of H-pyrrole nitrogens is 1. The highest BCUT2D eigenvalue weighted by atomic mass is 19.1. The summed E-state index contributed by atoms with van der Waals surface area (Å²) in [4.78, 5) is 22.3. The molecule has 1 unspecified atom stereocenters. The van der Waals surface area contributed by atoms with E-state index in [9.17, 15) is 4.39 Å². The summed E-state index contributed by atoms with van der Waals surface area (Å²) in [6.07, 6.45) is 5.95. The van der Waals surface area contributed by atoms with Crippen molar-refractivity contribution in [2.24, 2.45) is 0 Å². The Balaban J connectivity index is 1.67. The normalized spacial score (nSPS) is 16.6. The minimum Gasteiger partial charge on any atom is -0.496 e. The fourth-order valence-corrected chi connectivity index (χ4v) is 3.10. The van der Waals surface area contributed by atoms with E-state index in [1.54, 1.807) is 18.5 Å². The number of halogens is 1. The van der Waals surface area contributed by atoms with Crippen molar-refractivity contribution in [1.29, 1.82) is 0 Å². The third-order valence-electron chi connectivity index (χ3n) is 4.40. The highest BCUT2D eigenvalue weighted by Crippen LogP contribution is 2.33. The van der Waals surface area contributed by atoms with E-state index < -0.39 is 5.95 Å². The van der Waals surface area contributed by atoms with Crippen LogP contribution < -0.4 is 9.64 Å². The zero-order valence-corrected chi connectivity index (χ0v) is 13.9. The fraction of sp³-hybridized carbons (Fsp3) is 0.294. The number of rotatable bonds is 3. The van der Waals surface area contributed by atoms with E-state index in [0.29, 0.717) is 29.8 Å². The van der Waals surface area contributed by atoms with Crippen LogP contribution in [0.25, 0.3) is 11.6 Å². The van der Waals surface area contributed by atoms with Crippen molar-refractivity contribution >= 4 is 5.82 Å². The van der Waals surface area contributed by atoms with Crippen LogP contribution in [0, 0.1) is 5.95 Å². The maximum atomic E-state index is 13.7. The fourth-order valence-electron chi connectivity index (χ4n) is 3.10. The maximum absolute atomic E-state index is 13.7. The van der Waals surface area contributed by atoms with Crippen molar-refractivity contribution in [2.75, 3.05) is 18.6 Å². The van der Waals surface area contributed by atoms with E-state index in [4.69, 9.17) is 4.74 Å². The lowest BCUT2D eigenvalue weighted by Crippen LogP contribution is -2.35. The molecule has 0 saturated carbocycles. The largest absolute Gasteiger partial charge is 0.496 e. The van der Waals surface area contributed by atoms with Gasteiger partial charge in [0, 0.05) is 49.3 Å². The molecule has 1 atom stereocenters. The standard InChI is InChI=1S/C17H17FN6O/c1-10-12-9-21-17(16-19-4-5-20-16)22-13(12)3-6-24(10)15-8-11(25-2)7-14(18)23-15/h4-5,7-10H,3,6H2,1-2H3,(H,19,20). The molecule has 1 aliphatic rings. The molecule has 4 heterocycles. The molecule has 25 heavy (non-hydrogen) atoms. The Morgan fingerprint density at radius 3 is 2.92 bits per heavy atom. The molecule has 7 nitrogen and oxygen atoms in total. The summed E-state index contributed by atoms with van der Waals surface area (Å²) < 4.78 is 18.9. The third kappa shape index (κ3) is 2.79. The second-order valence-corrected chi connectivity index (χ2v) is 5.84. The number of anilines is 1. The number of hydrogen-bond donors (Lipinski definition) is 1. The summed E-state index contributed by atoms with van der Waals surface area (Å²) in [6, 6.07) is 2.99. The molecule has 0 spiro atoms. The van der Waals surface area contributed by atoms with Gasteiger partial charge in [-0.1, -0.05) is 0 Å². The molecule has 4 rings (SSSR count). The maximum Gasteiger partial charge on any atom is 0.218 e. The Hall–Kier alpha value is -3.03. The highest BCUT2D eigenvalue weighted by molar-refractivity contribution is 5.50. The van der Waals surface area contributed by atoms with Crippen molar-refractivity contribution in [3.05, 3.63) is 47.9 Å². The first-order valence-electron chi connectivity index (χ1n) is 7.99. The van der Waals surface area contributed by atoms with E-state index in [2.05, 4.69) is 24.9 Å².